The van der Waals surface area contributed by atoms with Crippen molar-refractivity contribution in [2.45, 2.75) is 31.7 Å². The van der Waals surface area contributed by atoms with E-state index in [-0.39, 0.29) is 11.4 Å². The van der Waals surface area contributed by atoms with Crippen LogP contribution in [0.5, 0.6) is 0 Å². The van der Waals surface area contributed by atoms with Crippen LogP contribution in [0.1, 0.15) is 30.9 Å². The molecule has 1 fully saturated rings. The van der Waals surface area contributed by atoms with Gasteiger partial charge in [0.25, 0.3) is 0 Å². The minimum absolute atomic E-state index is 0.00277. The van der Waals surface area contributed by atoms with Crippen molar-refractivity contribution >= 4 is 17.6 Å². The maximum atomic E-state index is 12.3. The van der Waals surface area contributed by atoms with Crippen molar-refractivity contribution in [3.8, 4) is 0 Å². The van der Waals surface area contributed by atoms with Crippen LogP contribution in [0, 0.1) is 0 Å². The zero-order valence-electron chi connectivity index (χ0n) is 14.1. The molecule has 2 heterocycles. The summed E-state index contributed by atoms with van der Waals surface area (Å²) in [5.74, 6) is 0. The van der Waals surface area contributed by atoms with E-state index in [1.54, 1.807) is 10.9 Å². The van der Waals surface area contributed by atoms with Crippen LogP contribution in [-0.4, -0.2) is 33.8 Å². The normalized spacial score (nSPS) is 16.9. The van der Waals surface area contributed by atoms with Gasteiger partial charge in [-0.2, -0.15) is 5.10 Å². The Hall–Kier alpha value is -2.01. The van der Waals surface area contributed by atoms with Crippen molar-refractivity contribution in [3.63, 3.8) is 0 Å². The number of likely N-dealkylation sites (tertiary alicyclic amines) is 1. The summed E-state index contributed by atoms with van der Waals surface area (Å²) < 4.78 is 1.74. The van der Waals surface area contributed by atoms with Crippen molar-refractivity contribution in [1.82, 2.24) is 20.0 Å². The van der Waals surface area contributed by atoms with Gasteiger partial charge < -0.3 is 10.2 Å². The molecular formula is C18H23ClN4O. The lowest BCUT2D eigenvalue weighted by atomic mass is 9.74. The third-order valence-electron chi connectivity index (χ3n) is 4.90. The fourth-order valence-corrected chi connectivity index (χ4v) is 3.32. The zero-order valence-corrected chi connectivity index (χ0v) is 14.9. The maximum Gasteiger partial charge on any atom is 0.317 e. The van der Waals surface area contributed by atoms with Gasteiger partial charge in [0.1, 0.15) is 0 Å². The second-order valence-electron chi connectivity index (χ2n) is 6.74. The standard InChI is InChI=1S/C18H23ClN4O/c1-18(15-3-5-16(19)6-4-15)7-9-23(10-8-18)17(24)20-11-14-12-21-22(2)13-14/h3-6,12-13H,7-11H2,1-2H3,(H,20,24). The first-order valence-electron chi connectivity index (χ1n) is 8.23. The molecule has 3 rings (SSSR count). The van der Waals surface area contributed by atoms with Crippen molar-refractivity contribution in [3.05, 3.63) is 52.8 Å². The monoisotopic (exact) mass is 346 g/mol. The number of benzene rings is 1. The smallest absolute Gasteiger partial charge is 0.317 e. The number of carbonyl (C=O) groups excluding carboxylic acids is 1. The number of hydrogen-bond acceptors (Lipinski definition) is 2. The lowest BCUT2D eigenvalue weighted by molar-refractivity contribution is 0.162. The summed E-state index contributed by atoms with van der Waals surface area (Å²) >= 11 is 5.98. The van der Waals surface area contributed by atoms with Gasteiger partial charge in [0.2, 0.25) is 0 Å². The third kappa shape index (κ3) is 3.73. The Balaban J connectivity index is 1.54. The van der Waals surface area contributed by atoms with Gasteiger partial charge in [0, 0.05) is 43.5 Å². The summed E-state index contributed by atoms with van der Waals surface area (Å²) in [6, 6.07) is 8.07. The van der Waals surface area contributed by atoms with Crippen LogP contribution >= 0.6 is 11.6 Å². The van der Waals surface area contributed by atoms with E-state index >= 15 is 0 Å². The first-order chi connectivity index (χ1) is 11.5. The Morgan fingerprint density at radius 3 is 2.54 bits per heavy atom. The molecule has 1 aromatic carbocycles. The van der Waals surface area contributed by atoms with Gasteiger partial charge in [-0.1, -0.05) is 30.7 Å². The largest absolute Gasteiger partial charge is 0.334 e. The van der Waals surface area contributed by atoms with Gasteiger partial charge >= 0.3 is 6.03 Å². The van der Waals surface area contributed by atoms with Gasteiger partial charge in [-0.15, -0.1) is 0 Å². The third-order valence-corrected chi connectivity index (χ3v) is 5.15. The number of aryl methyl sites for hydroxylation is 1. The number of hydrogen-bond donors (Lipinski definition) is 1. The summed E-state index contributed by atoms with van der Waals surface area (Å²) in [6.07, 6.45) is 5.59. The molecule has 24 heavy (non-hydrogen) atoms. The molecule has 1 aromatic heterocycles. The van der Waals surface area contributed by atoms with Gasteiger partial charge in [-0.05, 0) is 36.0 Å². The molecule has 0 radical (unpaired) electrons. The molecule has 2 aromatic rings. The molecule has 0 atom stereocenters. The van der Waals surface area contributed by atoms with Crippen LogP contribution in [0.2, 0.25) is 5.02 Å². The molecule has 0 spiro atoms. The molecule has 1 aliphatic heterocycles. The highest BCUT2D eigenvalue weighted by Crippen LogP contribution is 2.35. The SMILES string of the molecule is Cn1cc(CNC(=O)N2CCC(C)(c3ccc(Cl)cc3)CC2)cn1. The Labute approximate surface area is 147 Å². The number of nitrogens with zero attached hydrogens (tertiary/aromatic N) is 3. The van der Waals surface area contributed by atoms with Crippen molar-refractivity contribution in [2.75, 3.05) is 13.1 Å². The molecule has 0 bridgehead atoms. The molecule has 1 saturated heterocycles. The minimum atomic E-state index is -0.00277. The quantitative estimate of drug-likeness (QED) is 0.926. The lowest BCUT2D eigenvalue weighted by Crippen LogP contribution is -2.47. The summed E-state index contributed by atoms with van der Waals surface area (Å²) in [6.45, 7) is 4.30. The summed E-state index contributed by atoms with van der Waals surface area (Å²) in [4.78, 5) is 14.2. The van der Waals surface area contributed by atoms with Gasteiger partial charge in [-0.3, -0.25) is 4.68 Å². The number of urea groups is 1. The Kier molecular flexibility index (Phi) is 4.81. The van der Waals surface area contributed by atoms with E-state index in [1.165, 1.54) is 5.56 Å². The van der Waals surface area contributed by atoms with E-state index in [4.69, 9.17) is 11.6 Å². The second kappa shape index (κ2) is 6.85. The number of piperidine rings is 1. The highest BCUT2D eigenvalue weighted by molar-refractivity contribution is 6.30. The molecule has 5 nitrogen and oxygen atoms in total. The Morgan fingerprint density at radius 2 is 1.96 bits per heavy atom. The number of halogens is 1. The fraction of sp³-hybridized carbons (Fsp3) is 0.444. The Morgan fingerprint density at radius 1 is 1.29 bits per heavy atom. The first-order valence-corrected chi connectivity index (χ1v) is 8.60. The molecule has 128 valence electrons. The molecule has 0 saturated carbocycles. The van der Waals surface area contributed by atoms with Gasteiger partial charge in [0.05, 0.1) is 6.20 Å². The first kappa shape index (κ1) is 16.8. The van der Waals surface area contributed by atoms with E-state index < -0.39 is 0 Å². The van der Waals surface area contributed by atoms with Crippen LogP contribution in [0.4, 0.5) is 4.79 Å². The van der Waals surface area contributed by atoms with Crippen LogP contribution in [-0.2, 0) is 19.0 Å². The molecule has 6 heteroatoms. The molecule has 1 aliphatic rings. The molecule has 2 amide bonds. The predicted molar refractivity (Wildman–Crippen MR) is 95.1 cm³/mol. The van der Waals surface area contributed by atoms with Gasteiger partial charge in [-0.25, -0.2) is 4.79 Å². The molecule has 1 N–H and O–H groups in total. The molecular weight excluding hydrogens is 324 g/mol. The van der Waals surface area contributed by atoms with Crippen LogP contribution < -0.4 is 5.32 Å². The molecule has 0 aliphatic carbocycles. The average molecular weight is 347 g/mol. The average Bonchev–Trinajstić information content (AvgIpc) is 2.99. The number of carbonyl (C=O) groups is 1. The lowest BCUT2D eigenvalue weighted by Gasteiger charge is -2.39. The highest BCUT2D eigenvalue weighted by atomic mass is 35.5. The Bertz CT molecular complexity index is 702. The van der Waals surface area contributed by atoms with Crippen LogP contribution in [0.3, 0.4) is 0 Å². The van der Waals surface area contributed by atoms with Gasteiger partial charge in [0.15, 0.2) is 0 Å². The number of aromatic nitrogens is 2. The number of rotatable bonds is 3. The maximum absolute atomic E-state index is 12.3. The van der Waals surface area contributed by atoms with Crippen molar-refractivity contribution in [1.29, 1.82) is 0 Å². The highest BCUT2D eigenvalue weighted by Gasteiger charge is 2.33. The van der Waals surface area contributed by atoms with E-state index in [0.29, 0.717) is 6.54 Å². The van der Waals surface area contributed by atoms with E-state index in [1.807, 2.05) is 30.3 Å². The van der Waals surface area contributed by atoms with Crippen LogP contribution in [0.25, 0.3) is 0 Å². The second-order valence-corrected chi connectivity index (χ2v) is 7.17. The zero-order chi connectivity index (χ0) is 17.2. The van der Waals surface area contributed by atoms with Crippen molar-refractivity contribution < 1.29 is 4.79 Å². The number of nitrogens with one attached hydrogen (secondary N) is 1. The topological polar surface area (TPSA) is 50.2 Å². The minimum Gasteiger partial charge on any atom is -0.334 e. The van der Waals surface area contributed by atoms with E-state index in [0.717, 1.165) is 36.5 Å². The summed E-state index contributed by atoms with van der Waals surface area (Å²) in [5, 5.41) is 7.84. The summed E-state index contributed by atoms with van der Waals surface area (Å²) in [5.41, 5.74) is 2.40. The van der Waals surface area contributed by atoms with E-state index in [2.05, 4.69) is 29.5 Å². The van der Waals surface area contributed by atoms with Crippen LogP contribution in [0.15, 0.2) is 36.7 Å². The summed E-state index contributed by atoms with van der Waals surface area (Å²) in [7, 11) is 1.87. The van der Waals surface area contributed by atoms with Crippen molar-refractivity contribution in [2.24, 2.45) is 7.05 Å². The van der Waals surface area contributed by atoms with E-state index in [9.17, 15) is 4.79 Å². The predicted octanol–water partition coefficient (Wildman–Crippen LogP) is 3.34. The fourth-order valence-electron chi connectivity index (χ4n) is 3.20. The molecule has 0 unspecified atom stereocenters. The number of amides is 2.